The van der Waals surface area contributed by atoms with Gasteiger partial charge in [0.1, 0.15) is 5.78 Å². The summed E-state index contributed by atoms with van der Waals surface area (Å²) < 4.78 is 0. The number of carbonyl (C=O) groups is 1. The van der Waals surface area contributed by atoms with Gasteiger partial charge in [-0.3, -0.25) is 0 Å². The van der Waals surface area contributed by atoms with Crippen LogP contribution in [0, 0.1) is 0 Å². The maximum atomic E-state index is 10.7. The second-order valence-corrected chi connectivity index (χ2v) is 2.53. The molecule has 1 atom stereocenters. The number of carbonyl (C=O) groups excluding carboxylic acids is 1. The summed E-state index contributed by atoms with van der Waals surface area (Å²) in [4.78, 5) is 10.7. The molecule has 1 unspecified atom stereocenters. The minimum atomic E-state index is 0. The van der Waals surface area contributed by atoms with Gasteiger partial charge in [-0.1, -0.05) is 25.3 Å². The topological polar surface area (TPSA) is 31.2 Å². The first kappa shape index (κ1) is 11.3. The Balaban J connectivity index is 0.000000810. The first-order chi connectivity index (χ1) is 4.30. The van der Waals surface area contributed by atoms with E-state index in [2.05, 4.69) is 5.32 Å². The van der Waals surface area contributed by atoms with Gasteiger partial charge in [0, 0.05) is 0 Å². The van der Waals surface area contributed by atoms with Gasteiger partial charge >= 0.3 is 51.4 Å². The van der Waals surface area contributed by atoms with Gasteiger partial charge in [0.05, 0.1) is 0 Å². The number of piperidine rings is 1. The summed E-state index contributed by atoms with van der Waals surface area (Å²) in [6.07, 6.45) is 3.33. The zero-order chi connectivity index (χ0) is 6.69. The molecule has 3 heteroatoms. The molecule has 0 aromatic rings. The predicted molar refractivity (Wildman–Crippen MR) is 36.5 cm³/mol. The number of Topliss-reactive ketones (excluding diaryl/α,β-unsaturated/α-hetero) is 1. The molecule has 0 aromatic heterocycles. The van der Waals surface area contributed by atoms with Crippen LogP contribution in [0.25, 0.3) is 5.32 Å². The van der Waals surface area contributed by atoms with E-state index in [1.807, 2.05) is 0 Å². The molecule has 1 heterocycles. The first-order valence-corrected chi connectivity index (χ1v) is 3.48. The quantitative estimate of drug-likeness (QED) is 0.435. The molecule has 0 spiro atoms. The van der Waals surface area contributed by atoms with Crippen LogP contribution in [0.2, 0.25) is 0 Å². The molecule has 0 bridgehead atoms. The normalized spacial score (nSPS) is 25.1. The van der Waals surface area contributed by atoms with Gasteiger partial charge in [0.2, 0.25) is 0 Å². The van der Waals surface area contributed by atoms with Crippen LogP contribution < -0.4 is 51.4 Å². The van der Waals surface area contributed by atoms with Crippen molar-refractivity contribution in [1.82, 2.24) is 0 Å². The zero-order valence-electron chi connectivity index (χ0n) is 6.76. The van der Waals surface area contributed by atoms with Gasteiger partial charge < -0.3 is 10.1 Å². The second kappa shape index (κ2) is 5.86. The molecule has 1 fully saturated rings. The largest absolute Gasteiger partial charge is 1.00 e. The zero-order valence-corrected chi connectivity index (χ0v) is 9.88. The number of hydrogen-bond donors (Lipinski definition) is 0. The first-order valence-electron chi connectivity index (χ1n) is 3.48. The maximum absolute atomic E-state index is 10.7. The molecule has 1 saturated heterocycles. The maximum Gasteiger partial charge on any atom is 1.00 e. The Morgan fingerprint density at radius 1 is 1.50 bits per heavy atom. The number of ketones is 1. The molecular weight excluding hydrogens is 153 g/mol. The summed E-state index contributed by atoms with van der Waals surface area (Å²) >= 11 is 0. The molecule has 0 radical (unpaired) electrons. The van der Waals surface area contributed by atoms with Gasteiger partial charge in [-0.2, -0.15) is 0 Å². The molecular formula is C7H12KNO. The molecule has 0 amide bonds. The Bertz CT molecular complexity index is 110. The Kier molecular flexibility index (Phi) is 6.60. The van der Waals surface area contributed by atoms with E-state index in [4.69, 9.17) is 0 Å². The van der Waals surface area contributed by atoms with E-state index < -0.39 is 0 Å². The second-order valence-electron chi connectivity index (χ2n) is 2.53. The third-order valence-corrected chi connectivity index (χ3v) is 1.70. The molecule has 1 aliphatic rings. The average molecular weight is 165 g/mol. The van der Waals surface area contributed by atoms with E-state index >= 15 is 0 Å². The molecule has 1 rings (SSSR count). The van der Waals surface area contributed by atoms with Crippen LogP contribution >= 0.6 is 0 Å². The minimum absolute atomic E-state index is 0. The summed E-state index contributed by atoms with van der Waals surface area (Å²) in [5.41, 5.74) is 0. The average Bonchev–Trinajstić information content (AvgIpc) is 1.90. The fourth-order valence-corrected chi connectivity index (χ4v) is 1.12. The molecule has 0 N–H and O–H groups in total. The van der Waals surface area contributed by atoms with E-state index in [0.717, 1.165) is 13.0 Å². The van der Waals surface area contributed by atoms with E-state index in [1.165, 1.54) is 12.8 Å². The molecule has 1 aliphatic heterocycles. The molecule has 52 valence electrons. The molecule has 0 aliphatic carbocycles. The van der Waals surface area contributed by atoms with Crippen molar-refractivity contribution in [3.63, 3.8) is 0 Å². The van der Waals surface area contributed by atoms with Crippen LogP contribution in [0.15, 0.2) is 0 Å². The van der Waals surface area contributed by atoms with Gasteiger partial charge in [-0.25, -0.2) is 0 Å². The van der Waals surface area contributed by atoms with E-state index in [0.29, 0.717) is 0 Å². The van der Waals surface area contributed by atoms with Crippen LogP contribution in [0.3, 0.4) is 0 Å². The van der Waals surface area contributed by atoms with Gasteiger partial charge in [-0.05, 0) is 6.92 Å². The van der Waals surface area contributed by atoms with E-state index in [9.17, 15) is 4.79 Å². The fourth-order valence-electron chi connectivity index (χ4n) is 1.12. The number of hydrogen-bond acceptors (Lipinski definition) is 1. The fraction of sp³-hybridized carbons (Fsp3) is 0.857. The van der Waals surface area contributed by atoms with Gasteiger partial charge in [0.25, 0.3) is 0 Å². The number of rotatable bonds is 1. The Hall–Kier alpha value is 1.27. The smallest absolute Gasteiger partial charge is 0.653 e. The van der Waals surface area contributed by atoms with Crippen molar-refractivity contribution < 1.29 is 56.2 Å². The van der Waals surface area contributed by atoms with Crippen LogP contribution in [0.4, 0.5) is 0 Å². The van der Waals surface area contributed by atoms with E-state index in [1.54, 1.807) is 6.92 Å². The Morgan fingerprint density at radius 3 is 2.50 bits per heavy atom. The van der Waals surface area contributed by atoms with Crippen molar-refractivity contribution in [2.24, 2.45) is 0 Å². The van der Waals surface area contributed by atoms with Crippen molar-refractivity contribution in [2.45, 2.75) is 32.2 Å². The van der Waals surface area contributed by atoms with Crippen LogP contribution in [-0.2, 0) is 4.79 Å². The number of nitrogens with zero attached hydrogens (tertiary/aromatic N) is 1. The van der Waals surface area contributed by atoms with Crippen molar-refractivity contribution in [3.05, 3.63) is 5.32 Å². The Morgan fingerprint density at radius 2 is 2.20 bits per heavy atom. The van der Waals surface area contributed by atoms with Crippen LogP contribution in [0.1, 0.15) is 26.2 Å². The predicted octanol–water partition coefficient (Wildman–Crippen LogP) is -1.49. The molecule has 2 nitrogen and oxygen atoms in total. The van der Waals surface area contributed by atoms with Crippen molar-refractivity contribution >= 4 is 5.78 Å². The Labute approximate surface area is 105 Å². The van der Waals surface area contributed by atoms with Crippen LogP contribution in [0.5, 0.6) is 0 Å². The van der Waals surface area contributed by atoms with Gasteiger partial charge in [0.15, 0.2) is 0 Å². The molecule has 10 heavy (non-hydrogen) atoms. The molecule has 0 aromatic carbocycles. The third kappa shape index (κ3) is 3.60. The third-order valence-electron chi connectivity index (χ3n) is 1.70. The minimum Gasteiger partial charge on any atom is -0.653 e. The summed E-state index contributed by atoms with van der Waals surface area (Å²) in [6, 6.07) is 0.0405. The summed E-state index contributed by atoms with van der Waals surface area (Å²) in [6.45, 7) is 2.52. The summed E-state index contributed by atoms with van der Waals surface area (Å²) in [7, 11) is 0. The molecule has 0 saturated carbocycles. The SMILES string of the molecule is CC(=O)C1CCCC[N-]1.[K+]. The van der Waals surface area contributed by atoms with Crippen molar-refractivity contribution in [3.8, 4) is 0 Å². The monoisotopic (exact) mass is 165 g/mol. The van der Waals surface area contributed by atoms with Gasteiger partial charge in [-0.15, -0.1) is 6.54 Å². The summed E-state index contributed by atoms with van der Waals surface area (Å²) in [5.74, 6) is 0.231. The van der Waals surface area contributed by atoms with Crippen molar-refractivity contribution in [1.29, 1.82) is 0 Å². The van der Waals surface area contributed by atoms with Crippen LogP contribution in [-0.4, -0.2) is 18.4 Å². The standard InChI is InChI=1S/C7H12NO.K/c1-6(9)7-4-2-3-5-8-7;/h7H,2-5H2,1H3;/q-1;+1. The van der Waals surface area contributed by atoms with E-state index in [-0.39, 0.29) is 63.2 Å². The van der Waals surface area contributed by atoms with Crippen molar-refractivity contribution in [2.75, 3.05) is 6.54 Å². The summed E-state index contributed by atoms with van der Waals surface area (Å²) in [5, 5.41) is 4.18.